The second-order valence-corrected chi connectivity index (χ2v) is 6.77. The smallest absolute Gasteiger partial charge is 0.338 e. The third-order valence-electron chi connectivity index (χ3n) is 4.75. The van der Waals surface area contributed by atoms with Gasteiger partial charge >= 0.3 is 5.97 Å². The maximum absolute atomic E-state index is 12.6. The van der Waals surface area contributed by atoms with Crippen molar-refractivity contribution in [2.24, 2.45) is 0 Å². The van der Waals surface area contributed by atoms with Gasteiger partial charge in [-0.2, -0.15) is 0 Å². The fraction of sp³-hybridized carbons (Fsp3) is 0.136. The minimum atomic E-state index is -0.774. The number of carbonyl (C=O) groups excluding carboxylic acids is 1. The summed E-state index contributed by atoms with van der Waals surface area (Å²) in [5.74, 6) is -0.511. The van der Waals surface area contributed by atoms with Crippen LogP contribution in [0.5, 0.6) is 28.7 Å². The molecule has 0 saturated carbocycles. The Hall–Kier alpha value is -3.87. The summed E-state index contributed by atoms with van der Waals surface area (Å²) in [7, 11) is 0. The Balaban J connectivity index is 1.68. The fourth-order valence-electron chi connectivity index (χ4n) is 3.30. The molecule has 1 aliphatic heterocycles. The van der Waals surface area contributed by atoms with Crippen LogP contribution in [0.2, 0.25) is 0 Å². The van der Waals surface area contributed by atoms with Crippen molar-refractivity contribution in [3.8, 4) is 28.7 Å². The molecule has 0 unspecified atom stereocenters. The zero-order valence-corrected chi connectivity index (χ0v) is 15.1. The quantitative estimate of drug-likeness (QED) is 0.503. The molecule has 0 amide bonds. The van der Waals surface area contributed by atoms with E-state index in [-0.39, 0.29) is 40.7 Å². The van der Waals surface area contributed by atoms with Crippen molar-refractivity contribution in [3.63, 3.8) is 0 Å². The number of fused-ring (bicyclic) bond motifs is 1. The van der Waals surface area contributed by atoms with Gasteiger partial charge in [0.15, 0.2) is 6.10 Å². The van der Waals surface area contributed by atoms with E-state index in [0.29, 0.717) is 11.1 Å². The number of hydrogen-bond donors (Lipinski definition) is 4. The number of phenols is 4. The van der Waals surface area contributed by atoms with E-state index in [1.54, 1.807) is 12.1 Å². The van der Waals surface area contributed by atoms with Gasteiger partial charge in [0, 0.05) is 24.1 Å². The van der Waals surface area contributed by atoms with Crippen molar-refractivity contribution in [2.45, 2.75) is 18.6 Å². The molecule has 0 fully saturated rings. The van der Waals surface area contributed by atoms with Gasteiger partial charge in [-0.1, -0.05) is 12.1 Å². The molecule has 4 rings (SSSR count). The zero-order chi connectivity index (χ0) is 20.5. The van der Waals surface area contributed by atoms with Crippen molar-refractivity contribution in [1.29, 1.82) is 0 Å². The third-order valence-corrected chi connectivity index (χ3v) is 4.75. The van der Waals surface area contributed by atoms with Gasteiger partial charge in [-0.3, -0.25) is 0 Å². The zero-order valence-electron chi connectivity index (χ0n) is 15.1. The number of carbonyl (C=O) groups is 1. The Kier molecular flexibility index (Phi) is 4.64. The minimum absolute atomic E-state index is 0.0307. The Morgan fingerprint density at radius 2 is 1.48 bits per heavy atom. The van der Waals surface area contributed by atoms with E-state index in [0.717, 1.165) is 0 Å². The van der Waals surface area contributed by atoms with Gasteiger partial charge in [0.1, 0.15) is 34.9 Å². The monoisotopic (exact) mass is 394 g/mol. The molecule has 1 aliphatic rings. The highest BCUT2D eigenvalue weighted by molar-refractivity contribution is 5.89. The van der Waals surface area contributed by atoms with Crippen molar-refractivity contribution < 1.29 is 34.7 Å². The molecule has 4 N–H and O–H groups in total. The summed E-state index contributed by atoms with van der Waals surface area (Å²) in [6.45, 7) is 0. The maximum atomic E-state index is 12.6. The second-order valence-electron chi connectivity index (χ2n) is 6.77. The first kappa shape index (κ1) is 18.5. The molecule has 7 heteroatoms. The van der Waals surface area contributed by atoms with Crippen LogP contribution in [-0.2, 0) is 11.2 Å². The fourth-order valence-corrected chi connectivity index (χ4v) is 3.30. The van der Waals surface area contributed by atoms with Crippen LogP contribution >= 0.6 is 0 Å². The van der Waals surface area contributed by atoms with Crippen LogP contribution in [0.4, 0.5) is 0 Å². The molecule has 2 atom stereocenters. The van der Waals surface area contributed by atoms with E-state index >= 15 is 0 Å². The van der Waals surface area contributed by atoms with Crippen molar-refractivity contribution >= 4 is 5.97 Å². The number of phenolic OH excluding ortho intramolecular Hbond substituents is 4. The molecule has 7 nitrogen and oxygen atoms in total. The van der Waals surface area contributed by atoms with Gasteiger partial charge < -0.3 is 29.9 Å². The number of benzene rings is 3. The normalized spacial score (nSPS) is 17.8. The first-order valence-corrected chi connectivity index (χ1v) is 8.91. The first-order valence-electron chi connectivity index (χ1n) is 8.91. The van der Waals surface area contributed by atoms with Crippen molar-refractivity contribution in [3.05, 3.63) is 77.4 Å². The van der Waals surface area contributed by atoms with Gasteiger partial charge in [0.2, 0.25) is 0 Å². The molecule has 148 valence electrons. The molecule has 0 bridgehead atoms. The number of aromatic hydroxyl groups is 4. The van der Waals surface area contributed by atoms with E-state index in [4.69, 9.17) is 9.47 Å². The SMILES string of the molecule is O=C(O[C@@H]1Cc2c(O)cc(O)cc2O[C@@H]1c1ccc(O)cc1)c1ccc(O)cc1. The van der Waals surface area contributed by atoms with Gasteiger partial charge in [-0.25, -0.2) is 4.79 Å². The lowest BCUT2D eigenvalue weighted by atomic mass is 9.93. The molecule has 0 saturated heterocycles. The maximum Gasteiger partial charge on any atom is 0.338 e. The molecule has 0 aromatic heterocycles. The number of rotatable bonds is 3. The second kappa shape index (κ2) is 7.27. The molecule has 1 heterocycles. The summed E-state index contributed by atoms with van der Waals surface area (Å²) in [5.41, 5.74) is 1.33. The number of ether oxygens (including phenoxy) is 2. The summed E-state index contributed by atoms with van der Waals surface area (Å²) in [6, 6.07) is 14.5. The molecular weight excluding hydrogens is 376 g/mol. The summed E-state index contributed by atoms with van der Waals surface area (Å²) in [6.07, 6.45) is -1.33. The highest BCUT2D eigenvalue weighted by Crippen LogP contribution is 2.43. The summed E-state index contributed by atoms with van der Waals surface area (Å²) in [4.78, 5) is 12.6. The van der Waals surface area contributed by atoms with Gasteiger partial charge in [0.25, 0.3) is 0 Å². The number of esters is 1. The van der Waals surface area contributed by atoms with Crippen LogP contribution < -0.4 is 4.74 Å². The summed E-state index contributed by atoms with van der Waals surface area (Å²) in [5, 5.41) is 38.9. The molecule has 0 aliphatic carbocycles. The van der Waals surface area contributed by atoms with Crippen LogP contribution in [0.15, 0.2) is 60.7 Å². The molecule has 0 radical (unpaired) electrons. The Labute approximate surface area is 166 Å². The van der Waals surface area contributed by atoms with E-state index in [9.17, 15) is 25.2 Å². The van der Waals surface area contributed by atoms with Crippen LogP contribution in [-0.4, -0.2) is 32.5 Å². The molecule has 29 heavy (non-hydrogen) atoms. The molecular formula is C22H18O7. The van der Waals surface area contributed by atoms with E-state index in [1.807, 2.05) is 0 Å². The largest absolute Gasteiger partial charge is 0.508 e. The Morgan fingerprint density at radius 3 is 2.14 bits per heavy atom. The molecule has 3 aromatic rings. The average molecular weight is 394 g/mol. The van der Waals surface area contributed by atoms with E-state index in [1.165, 1.54) is 48.5 Å². The predicted octanol–water partition coefficient (Wildman–Crippen LogP) is 3.41. The highest BCUT2D eigenvalue weighted by Gasteiger charge is 2.36. The van der Waals surface area contributed by atoms with Crippen LogP contribution in [0.1, 0.15) is 27.6 Å². The van der Waals surface area contributed by atoms with Gasteiger partial charge in [0.05, 0.1) is 5.56 Å². The minimum Gasteiger partial charge on any atom is -0.508 e. The van der Waals surface area contributed by atoms with Gasteiger partial charge in [-0.05, 0) is 42.0 Å². The van der Waals surface area contributed by atoms with E-state index < -0.39 is 18.2 Å². The standard InChI is InChI=1S/C22H18O7/c23-14-5-1-12(2-6-14)21-20(29-22(27)13-3-7-15(24)8-4-13)11-17-18(26)9-16(25)10-19(17)28-21/h1-10,20-21,23-26H,11H2/t20-,21-/m1/s1. The Morgan fingerprint density at radius 1 is 0.862 bits per heavy atom. The summed E-state index contributed by atoms with van der Waals surface area (Å²) < 4.78 is 11.6. The van der Waals surface area contributed by atoms with Crippen LogP contribution in [0.3, 0.4) is 0 Å². The highest BCUT2D eigenvalue weighted by atomic mass is 16.6. The van der Waals surface area contributed by atoms with Crippen LogP contribution in [0.25, 0.3) is 0 Å². The number of hydrogen-bond acceptors (Lipinski definition) is 7. The van der Waals surface area contributed by atoms with Gasteiger partial charge in [-0.15, -0.1) is 0 Å². The lowest BCUT2D eigenvalue weighted by molar-refractivity contribution is -0.0188. The van der Waals surface area contributed by atoms with Crippen molar-refractivity contribution in [2.75, 3.05) is 0 Å². The third kappa shape index (κ3) is 3.75. The predicted molar refractivity (Wildman–Crippen MR) is 102 cm³/mol. The van der Waals surface area contributed by atoms with Crippen LogP contribution in [0, 0.1) is 0 Å². The summed E-state index contributed by atoms with van der Waals surface area (Å²) >= 11 is 0. The topological polar surface area (TPSA) is 116 Å². The lowest BCUT2D eigenvalue weighted by Crippen LogP contribution is -2.34. The van der Waals surface area contributed by atoms with Crippen molar-refractivity contribution in [1.82, 2.24) is 0 Å². The molecule has 3 aromatic carbocycles. The van der Waals surface area contributed by atoms with E-state index in [2.05, 4.69) is 0 Å². The lowest BCUT2D eigenvalue weighted by Gasteiger charge is -2.34. The first-order chi connectivity index (χ1) is 13.9. The molecule has 0 spiro atoms. The average Bonchev–Trinajstić information content (AvgIpc) is 2.69. The Bertz CT molecular complexity index is 1040.